The molecule has 2 saturated carbocycles. The van der Waals surface area contributed by atoms with Crippen LogP contribution in [-0.4, -0.2) is 38.8 Å². The van der Waals surface area contributed by atoms with Gasteiger partial charge >= 0.3 is 6.09 Å². The summed E-state index contributed by atoms with van der Waals surface area (Å²) in [6.45, 7) is 3.75. The predicted molar refractivity (Wildman–Crippen MR) is 107 cm³/mol. The maximum absolute atomic E-state index is 13.8. The molecule has 2 fully saturated rings. The van der Waals surface area contributed by atoms with Crippen LogP contribution in [0.1, 0.15) is 62.0 Å². The Bertz CT molecular complexity index is 956. The number of H-pyrrole nitrogens is 1. The zero-order valence-corrected chi connectivity index (χ0v) is 17.1. The summed E-state index contributed by atoms with van der Waals surface area (Å²) in [5.41, 5.74) is 1.55. The molecule has 2 aliphatic rings. The van der Waals surface area contributed by atoms with Crippen molar-refractivity contribution in [3.8, 4) is 0 Å². The van der Waals surface area contributed by atoms with Crippen LogP contribution in [0.25, 0.3) is 0 Å². The van der Waals surface area contributed by atoms with Crippen LogP contribution in [0.4, 0.5) is 15.0 Å². The van der Waals surface area contributed by atoms with Crippen LogP contribution in [0.15, 0.2) is 18.2 Å². The van der Waals surface area contributed by atoms with Gasteiger partial charge in [0.15, 0.2) is 5.82 Å². The van der Waals surface area contributed by atoms with Crippen molar-refractivity contribution >= 4 is 17.8 Å². The first kappa shape index (κ1) is 20.3. The van der Waals surface area contributed by atoms with E-state index in [0.717, 1.165) is 31.4 Å². The predicted octanol–water partition coefficient (Wildman–Crippen LogP) is 3.35. The highest BCUT2D eigenvalue weighted by molar-refractivity contribution is 5.91. The molecule has 0 aromatic carbocycles. The summed E-state index contributed by atoms with van der Waals surface area (Å²) in [4.78, 5) is 28.3. The molecule has 30 heavy (non-hydrogen) atoms. The Balaban J connectivity index is 1.28. The van der Waals surface area contributed by atoms with Crippen LogP contribution in [0.2, 0.25) is 0 Å². The van der Waals surface area contributed by atoms with Crippen molar-refractivity contribution in [3.05, 3.63) is 41.1 Å². The van der Waals surface area contributed by atoms with Gasteiger partial charge in [-0.25, -0.2) is 9.18 Å². The lowest BCUT2D eigenvalue weighted by atomic mass is 10.0. The highest BCUT2D eigenvalue weighted by Gasteiger charge is 2.40. The van der Waals surface area contributed by atoms with Crippen molar-refractivity contribution in [1.29, 1.82) is 0 Å². The van der Waals surface area contributed by atoms with Crippen LogP contribution in [0.5, 0.6) is 0 Å². The third-order valence-electron chi connectivity index (χ3n) is 5.75. The second-order valence-corrected chi connectivity index (χ2v) is 8.54. The van der Waals surface area contributed by atoms with Crippen molar-refractivity contribution in [3.63, 3.8) is 0 Å². The molecule has 3 N–H and O–H groups in total. The number of aromatic nitrogens is 3. The molecule has 0 saturated heterocycles. The average Bonchev–Trinajstić information content (AvgIpc) is 3.07. The number of hydrogen-bond acceptors (Lipinski definition) is 5. The highest BCUT2D eigenvalue weighted by atomic mass is 19.1. The Hall–Kier alpha value is -2.97. The number of aryl methyl sites for hydroxylation is 1. The molecule has 9 heteroatoms. The van der Waals surface area contributed by atoms with Crippen LogP contribution < -0.4 is 10.6 Å². The van der Waals surface area contributed by atoms with Gasteiger partial charge < -0.3 is 15.4 Å². The van der Waals surface area contributed by atoms with Gasteiger partial charge in [0.2, 0.25) is 5.91 Å². The first-order chi connectivity index (χ1) is 14.3. The second kappa shape index (κ2) is 8.04. The third-order valence-corrected chi connectivity index (χ3v) is 5.75. The number of nitrogens with one attached hydrogen (secondary N) is 3. The fourth-order valence-corrected chi connectivity index (χ4v) is 3.74. The summed E-state index contributed by atoms with van der Waals surface area (Å²) >= 11 is 0. The third kappa shape index (κ3) is 4.95. The van der Waals surface area contributed by atoms with E-state index in [0.29, 0.717) is 17.9 Å². The summed E-state index contributed by atoms with van der Waals surface area (Å²) in [5.74, 6) is -0.335. The largest absolute Gasteiger partial charge is 0.446 e. The monoisotopic (exact) mass is 415 g/mol. The molecule has 2 atom stereocenters. The van der Waals surface area contributed by atoms with Crippen molar-refractivity contribution in [2.75, 3.05) is 5.32 Å². The molecule has 4 rings (SSSR count). The van der Waals surface area contributed by atoms with Crippen molar-refractivity contribution < 1.29 is 18.7 Å². The summed E-state index contributed by atoms with van der Waals surface area (Å²) < 4.78 is 19.3. The van der Waals surface area contributed by atoms with E-state index >= 15 is 0 Å². The molecule has 160 valence electrons. The van der Waals surface area contributed by atoms with Gasteiger partial charge in [0, 0.05) is 28.9 Å². The number of hydrogen-bond donors (Lipinski definition) is 3. The molecular weight excluding hydrogens is 389 g/mol. The van der Waals surface area contributed by atoms with E-state index in [-0.39, 0.29) is 41.7 Å². The number of carbonyl (C=O) groups is 2. The molecule has 2 aliphatic carbocycles. The fraction of sp³-hybridized carbons (Fsp3) is 0.524. The first-order valence-electron chi connectivity index (χ1n) is 10.3. The standard InChI is InChI=1S/C21H26FN5O3/c1-12-3-6-15(22)17(23-12)11-19(28)24-18-10-16(26-27-18)13-4-5-14(9-13)30-20(29)25-21(2)7-8-21/h3,6,10,13-14H,4-5,7-9,11H2,1-2H3,(H,25,29)(H2,24,26,27,28)/t13-,14+/m0/s1. The van der Waals surface area contributed by atoms with Gasteiger partial charge in [-0.3, -0.25) is 14.9 Å². The van der Waals surface area contributed by atoms with Gasteiger partial charge in [0.1, 0.15) is 11.9 Å². The molecule has 2 heterocycles. The van der Waals surface area contributed by atoms with Crippen molar-refractivity contribution in [2.45, 2.75) is 69.9 Å². The van der Waals surface area contributed by atoms with Gasteiger partial charge in [-0.2, -0.15) is 5.10 Å². The molecule has 0 radical (unpaired) electrons. The minimum atomic E-state index is -0.504. The Morgan fingerprint density at radius 2 is 2.13 bits per heavy atom. The van der Waals surface area contributed by atoms with Gasteiger partial charge in [-0.1, -0.05) is 0 Å². The number of amides is 2. The maximum Gasteiger partial charge on any atom is 0.407 e. The normalized spacial score (nSPS) is 21.8. The number of halogens is 1. The summed E-state index contributed by atoms with van der Waals surface area (Å²) in [7, 11) is 0. The molecule has 0 bridgehead atoms. The molecule has 0 aliphatic heterocycles. The summed E-state index contributed by atoms with van der Waals surface area (Å²) in [6.07, 6.45) is 3.69. The first-order valence-corrected chi connectivity index (χ1v) is 10.3. The summed E-state index contributed by atoms with van der Waals surface area (Å²) in [6, 6.07) is 4.64. The number of carbonyl (C=O) groups excluding carboxylic acids is 2. The van der Waals surface area contributed by atoms with E-state index in [9.17, 15) is 14.0 Å². The van der Waals surface area contributed by atoms with E-state index in [1.807, 2.05) is 6.92 Å². The minimum Gasteiger partial charge on any atom is -0.446 e. The van der Waals surface area contributed by atoms with Gasteiger partial charge in [0.05, 0.1) is 12.1 Å². The average molecular weight is 415 g/mol. The fourth-order valence-electron chi connectivity index (χ4n) is 3.74. The van der Waals surface area contributed by atoms with Crippen LogP contribution in [0.3, 0.4) is 0 Å². The smallest absolute Gasteiger partial charge is 0.407 e. The van der Waals surface area contributed by atoms with E-state index in [4.69, 9.17) is 4.74 Å². The molecule has 2 aromatic rings. The van der Waals surface area contributed by atoms with E-state index in [1.165, 1.54) is 6.07 Å². The Labute approximate surface area is 174 Å². The van der Waals surface area contributed by atoms with E-state index in [1.54, 1.807) is 19.1 Å². The van der Waals surface area contributed by atoms with Gasteiger partial charge in [-0.15, -0.1) is 0 Å². The molecule has 8 nitrogen and oxygen atoms in total. The lowest BCUT2D eigenvalue weighted by molar-refractivity contribution is -0.115. The number of pyridine rings is 1. The SMILES string of the molecule is Cc1ccc(F)c(CC(=O)Nc2cc([C@H]3CC[C@@H](OC(=O)NC4(C)CC4)C3)[nH]n2)n1. The van der Waals surface area contributed by atoms with Crippen molar-refractivity contribution in [2.24, 2.45) is 0 Å². The molecular formula is C21H26FN5O3. The number of alkyl carbamates (subject to hydrolysis) is 1. The maximum atomic E-state index is 13.8. The summed E-state index contributed by atoms with van der Waals surface area (Å²) in [5, 5.41) is 12.7. The highest BCUT2D eigenvalue weighted by Crippen LogP contribution is 2.37. The minimum absolute atomic E-state index is 0.0948. The second-order valence-electron chi connectivity index (χ2n) is 8.54. The Morgan fingerprint density at radius 1 is 1.33 bits per heavy atom. The molecule has 0 unspecified atom stereocenters. The number of nitrogens with zero attached hydrogens (tertiary/aromatic N) is 2. The lowest BCUT2D eigenvalue weighted by Gasteiger charge is -2.16. The number of aromatic amines is 1. The molecule has 0 spiro atoms. The zero-order valence-electron chi connectivity index (χ0n) is 17.1. The van der Waals surface area contributed by atoms with Gasteiger partial charge in [-0.05, 0) is 58.1 Å². The number of rotatable bonds is 6. The zero-order chi connectivity index (χ0) is 21.3. The molecule has 2 aromatic heterocycles. The van der Waals surface area contributed by atoms with Gasteiger partial charge in [0.25, 0.3) is 0 Å². The van der Waals surface area contributed by atoms with Crippen LogP contribution in [-0.2, 0) is 16.0 Å². The van der Waals surface area contributed by atoms with E-state index in [2.05, 4.69) is 25.8 Å². The van der Waals surface area contributed by atoms with Crippen LogP contribution >= 0.6 is 0 Å². The van der Waals surface area contributed by atoms with Crippen LogP contribution in [0, 0.1) is 12.7 Å². The Kier molecular flexibility index (Phi) is 5.44. The molecule has 2 amide bonds. The number of anilines is 1. The number of ether oxygens (including phenoxy) is 1. The lowest BCUT2D eigenvalue weighted by Crippen LogP contribution is -2.36. The topological polar surface area (TPSA) is 109 Å². The van der Waals surface area contributed by atoms with Crippen molar-refractivity contribution in [1.82, 2.24) is 20.5 Å². The quantitative estimate of drug-likeness (QED) is 0.670. The Morgan fingerprint density at radius 3 is 2.90 bits per heavy atom. The van der Waals surface area contributed by atoms with E-state index < -0.39 is 5.82 Å².